The molecule has 0 unspecified atom stereocenters. The predicted octanol–water partition coefficient (Wildman–Crippen LogP) is -0.120. The van der Waals surface area contributed by atoms with Gasteiger partial charge in [0.2, 0.25) is 11.8 Å². The first-order chi connectivity index (χ1) is 10.5. The maximum absolute atomic E-state index is 12.0. The van der Waals surface area contributed by atoms with Crippen molar-refractivity contribution >= 4 is 11.8 Å². The van der Waals surface area contributed by atoms with E-state index in [4.69, 9.17) is 15.2 Å². The Kier molecular flexibility index (Phi) is 5.21. The van der Waals surface area contributed by atoms with E-state index >= 15 is 0 Å². The SMILES string of the molecule is COc1ccc(CN2CCNC(=O)[C@@H]2CC(N)=O)c(OC)c1. The second-order valence-corrected chi connectivity index (χ2v) is 5.13. The van der Waals surface area contributed by atoms with Crippen molar-refractivity contribution in [2.24, 2.45) is 5.73 Å². The van der Waals surface area contributed by atoms with E-state index < -0.39 is 11.9 Å². The maximum Gasteiger partial charge on any atom is 0.237 e. The second-order valence-electron chi connectivity index (χ2n) is 5.13. The minimum absolute atomic E-state index is 0.00427. The standard InChI is InChI=1S/C15H21N3O4/c1-21-11-4-3-10(13(7-11)22-2)9-18-6-5-17-15(20)12(18)8-14(16)19/h3-4,7,12H,5-6,8-9H2,1-2H3,(H2,16,19)(H,17,20)/t12-/m0/s1. The van der Waals surface area contributed by atoms with Crippen LogP contribution in [0.15, 0.2) is 18.2 Å². The van der Waals surface area contributed by atoms with Crippen LogP contribution >= 0.6 is 0 Å². The Labute approximate surface area is 129 Å². The van der Waals surface area contributed by atoms with Crippen LogP contribution in [0.2, 0.25) is 0 Å². The van der Waals surface area contributed by atoms with Gasteiger partial charge in [-0.05, 0) is 6.07 Å². The fraction of sp³-hybridized carbons (Fsp3) is 0.467. The number of hydrogen-bond donors (Lipinski definition) is 2. The molecule has 1 aliphatic heterocycles. The van der Waals surface area contributed by atoms with Crippen LogP contribution in [0.5, 0.6) is 11.5 Å². The van der Waals surface area contributed by atoms with Crippen molar-refractivity contribution in [3.8, 4) is 11.5 Å². The minimum Gasteiger partial charge on any atom is -0.497 e. The van der Waals surface area contributed by atoms with E-state index in [1.54, 1.807) is 20.3 Å². The highest BCUT2D eigenvalue weighted by molar-refractivity contribution is 5.88. The Morgan fingerprint density at radius 1 is 1.41 bits per heavy atom. The van der Waals surface area contributed by atoms with Gasteiger partial charge in [-0.2, -0.15) is 0 Å². The molecule has 7 nitrogen and oxygen atoms in total. The quantitative estimate of drug-likeness (QED) is 0.764. The molecule has 1 aromatic carbocycles. The summed E-state index contributed by atoms with van der Waals surface area (Å²) in [6.07, 6.45) is 0.00427. The maximum atomic E-state index is 12.0. The van der Waals surface area contributed by atoms with Crippen LogP contribution in [0.25, 0.3) is 0 Å². The molecule has 0 bridgehead atoms. The van der Waals surface area contributed by atoms with Gasteiger partial charge in [0.1, 0.15) is 11.5 Å². The number of nitrogens with one attached hydrogen (secondary N) is 1. The van der Waals surface area contributed by atoms with E-state index in [0.717, 1.165) is 5.56 Å². The molecule has 0 spiro atoms. The lowest BCUT2D eigenvalue weighted by Crippen LogP contribution is -2.55. The normalized spacial score (nSPS) is 18.6. The lowest BCUT2D eigenvalue weighted by atomic mass is 10.1. The molecule has 0 aromatic heterocycles. The van der Waals surface area contributed by atoms with Crippen molar-refractivity contribution in [3.63, 3.8) is 0 Å². The summed E-state index contributed by atoms with van der Waals surface area (Å²) < 4.78 is 10.5. The summed E-state index contributed by atoms with van der Waals surface area (Å²) in [5, 5.41) is 2.76. The van der Waals surface area contributed by atoms with Crippen molar-refractivity contribution < 1.29 is 19.1 Å². The molecule has 22 heavy (non-hydrogen) atoms. The zero-order valence-corrected chi connectivity index (χ0v) is 12.8. The summed E-state index contributed by atoms with van der Waals surface area (Å²) in [7, 11) is 3.17. The number of carbonyl (C=O) groups excluding carboxylic acids is 2. The molecular weight excluding hydrogens is 286 g/mol. The van der Waals surface area contributed by atoms with E-state index in [9.17, 15) is 9.59 Å². The summed E-state index contributed by atoms with van der Waals surface area (Å²) in [4.78, 5) is 25.1. The van der Waals surface area contributed by atoms with E-state index in [1.807, 2.05) is 17.0 Å². The van der Waals surface area contributed by atoms with Gasteiger partial charge < -0.3 is 20.5 Å². The predicted molar refractivity (Wildman–Crippen MR) is 80.6 cm³/mol. The summed E-state index contributed by atoms with van der Waals surface area (Å²) in [5.74, 6) is 0.722. The minimum atomic E-state index is -0.543. The summed E-state index contributed by atoms with van der Waals surface area (Å²) in [6.45, 7) is 1.70. The van der Waals surface area contributed by atoms with Crippen LogP contribution in [0.3, 0.4) is 0 Å². The van der Waals surface area contributed by atoms with Gasteiger partial charge >= 0.3 is 0 Å². The van der Waals surface area contributed by atoms with Gasteiger partial charge in [-0.15, -0.1) is 0 Å². The first-order valence-corrected chi connectivity index (χ1v) is 7.06. The number of nitrogens with two attached hydrogens (primary N) is 1. The number of rotatable bonds is 6. The molecule has 7 heteroatoms. The third kappa shape index (κ3) is 3.67. The molecule has 2 rings (SSSR count). The Bertz CT molecular complexity index is 562. The second kappa shape index (κ2) is 7.13. The highest BCUT2D eigenvalue weighted by Gasteiger charge is 2.31. The molecule has 0 aliphatic carbocycles. The molecular formula is C15H21N3O4. The molecule has 1 saturated heterocycles. The zero-order chi connectivity index (χ0) is 16.1. The van der Waals surface area contributed by atoms with Crippen molar-refractivity contribution in [2.45, 2.75) is 19.0 Å². The van der Waals surface area contributed by atoms with Gasteiger partial charge in [-0.3, -0.25) is 14.5 Å². The molecule has 120 valence electrons. The highest BCUT2D eigenvalue weighted by atomic mass is 16.5. The number of piperazine rings is 1. The van der Waals surface area contributed by atoms with Gasteiger partial charge in [0.05, 0.1) is 26.7 Å². The molecule has 2 amide bonds. The van der Waals surface area contributed by atoms with Gasteiger partial charge in [-0.1, -0.05) is 6.07 Å². The van der Waals surface area contributed by atoms with Crippen LogP contribution in [0.1, 0.15) is 12.0 Å². The highest BCUT2D eigenvalue weighted by Crippen LogP contribution is 2.26. The van der Waals surface area contributed by atoms with Gasteiger partial charge in [0.15, 0.2) is 0 Å². The number of nitrogens with zero attached hydrogens (tertiary/aromatic N) is 1. The lowest BCUT2D eigenvalue weighted by Gasteiger charge is -2.34. The molecule has 1 atom stereocenters. The Morgan fingerprint density at radius 3 is 2.82 bits per heavy atom. The number of ether oxygens (including phenoxy) is 2. The Morgan fingerprint density at radius 2 is 2.18 bits per heavy atom. The fourth-order valence-electron chi connectivity index (χ4n) is 2.57. The van der Waals surface area contributed by atoms with Crippen LogP contribution in [-0.2, 0) is 16.1 Å². The Balaban J connectivity index is 2.19. The van der Waals surface area contributed by atoms with Crippen LogP contribution < -0.4 is 20.5 Å². The van der Waals surface area contributed by atoms with Crippen molar-refractivity contribution in [1.82, 2.24) is 10.2 Å². The average Bonchev–Trinajstić information content (AvgIpc) is 2.50. The van der Waals surface area contributed by atoms with E-state index in [1.165, 1.54) is 0 Å². The van der Waals surface area contributed by atoms with Crippen LogP contribution in [0.4, 0.5) is 0 Å². The first kappa shape index (κ1) is 16.1. The monoisotopic (exact) mass is 307 g/mol. The zero-order valence-electron chi connectivity index (χ0n) is 12.8. The van der Waals surface area contributed by atoms with E-state index in [2.05, 4.69) is 5.32 Å². The van der Waals surface area contributed by atoms with E-state index in [-0.39, 0.29) is 12.3 Å². The molecule has 0 radical (unpaired) electrons. The van der Waals surface area contributed by atoms with Crippen LogP contribution in [-0.4, -0.2) is 50.1 Å². The largest absolute Gasteiger partial charge is 0.497 e. The van der Waals surface area contributed by atoms with Crippen LogP contribution in [0, 0.1) is 0 Å². The molecule has 1 fully saturated rings. The first-order valence-electron chi connectivity index (χ1n) is 7.06. The van der Waals surface area contributed by atoms with Crippen molar-refractivity contribution in [1.29, 1.82) is 0 Å². The average molecular weight is 307 g/mol. The number of benzene rings is 1. The smallest absolute Gasteiger partial charge is 0.237 e. The third-order valence-corrected chi connectivity index (χ3v) is 3.70. The number of primary amides is 1. The number of carbonyl (C=O) groups is 2. The summed E-state index contributed by atoms with van der Waals surface area (Å²) in [5.41, 5.74) is 6.17. The van der Waals surface area contributed by atoms with Crippen molar-refractivity contribution in [2.75, 3.05) is 27.3 Å². The molecule has 1 aliphatic rings. The molecule has 1 aromatic rings. The lowest BCUT2D eigenvalue weighted by molar-refractivity contribution is -0.133. The van der Waals surface area contributed by atoms with Gasteiger partial charge in [0, 0.05) is 31.3 Å². The molecule has 1 heterocycles. The van der Waals surface area contributed by atoms with Gasteiger partial charge in [0.25, 0.3) is 0 Å². The number of amides is 2. The van der Waals surface area contributed by atoms with Crippen molar-refractivity contribution in [3.05, 3.63) is 23.8 Å². The Hall–Kier alpha value is -2.28. The fourth-order valence-corrected chi connectivity index (χ4v) is 2.57. The number of hydrogen-bond acceptors (Lipinski definition) is 5. The summed E-state index contributed by atoms with van der Waals surface area (Å²) in [6, 6.07) is 4.98. The van der Waals surface area contributed by atoms with E-state index in [0.29, 0.717) is 31.1 Å². The third-order valence-electron chi connectivity index (χ3n) is 3.70. The van der Waals surface area contributed by atoms with Gasteiger partial charge in [-0.25, -0.2) is 0 Å². The topological polar surface area (TPSA) is 93.9 Å². The number of methoxy groups -OCH3 is 2. The molecule has 0 saturated carbocycles. The summed E-state index contributed by atoms with van der Waals surface area (Å²) >= 11 is 0. The molecule has 3 N–H and O–H groups in total.